The molecule has 0 spiro atoms. The highest BCUT2D eigenvalue weighted by molar-refractivity contribution is 7.10. The summed E-state index contributed by atoms with van der Waals surface area (Å²) in [4.78, 5) is 27.6. The second-order valence-electron chi connectivity index (χ2n) is 5.78. The lowest BCUT2D eigenvalue weighted by Crippen LogP contribution is -2.56. The van der Waals surface area contributed by atoms with E-state index >= 15 is 0 Å². The van der Waals surface area contributed by atoms with Gasteiger partial charge >= 0.3 is 0 Å². The van der Waals surface area contributed by atoms with Crippen molar-refractivity contribution in [2.45, 2.75) is 25.6 Å². The quantitative estimate of drug-likeness (QED) is 0.906. The first-order valence-electron chi connectivity index (χ1n) is 7.90. The van der Waals surface area contributed by atoms with Crippen molar-refractivity contribution in [2.24, 2.45) is 0 Å². The first kappa shape index (κ1) is 16.7. The molecule has 2 heterocycles. The molecular weight excluding hydrogens is 324 g/mol. The van der Waals surface area contributed by atoms with E-state index in [1.165, 1.54) is 0 Å². The van der Waals surface area contributed by atoms with Gasteiger partial charge in [-0.2, -0.15) is 0 Å². The van der Waals surface area contributed by atoms with E-state index in [-0.39, 0.29) is 31.1 Å². The zero-order valence-corrected chi connectivity index (χ0v) is 14.3. The van der Waals surface area contributed by atoms with Crippen molar-refractivity contribution in [3.63, 3.8) is 0 Å². The van der Waals surface area contributed by atoms with Crippen molar-refractivity contribution in [2.75, 3.05) is 13.2 Å². The number of rotatable bonds is 5. The van der Waals surface area contributed by atoms with Gasteiger partial charge in [0.2, 0.25) is 11.8 Å². The molecule has 2 amide bonds. The van der Waals surface area contributed by atoms with Gasteiger partial charge < -0.3 is 15.0 Å². The molecule has 1 aliphatic rings. The summed E-state index contributed by atoms with van der Waals surface area (Å²) >= 11 is 1.60. The Morgan fingerprint density at radius 3 is 2.83 bits per heavy atom. The van der Waals surface area contributed by atoms with Crippen LogP contribution in [0.3, 0.4) is 0 Å². The molecule has 1 aromatic heterocycles. The minimum Gasteiger partial charge on any atom is -0.369 e. The highest BCUT2D eigenvalue weighted by atomic mass is 32.1. The molecule has 1 aromatic carbocycles. The zero-order valence-electron chi connectivity index (χ0n) is 13.5. The van der Waals surface area contributed by atoms with Crippen molar-refractivity contribution >= 4 is 23.2 Å². The van der Waals surface area contributed by atoms with Gasteiger partial charge in [-0.1, -0.05) is 36.4 Å². The third kappa shape index (κ3) is 3.83. The van der Waals surface area contributed by atoms with Crippen LogP contribution in [-0.4, -0.2) is 36.0 Å². The van der Waals surface area contributed by atoms with E-state index in [0.717, 1.165) is 10.4 Å². The maximum absolute atomic E-state index is 12.7. The average Bonchev–Trinajstić information content (AvgIpc) is 3.12. The Hall–Kier alpha value is -2.18. The minimum absolute atomic E-state index is 0.0249. The lowest BCUT2D eigenvalue weighted by Gasteiger charge is -2.35. The Kier molecular flexibility index (Phi) is 5.27. The first-order valence-corrected chi connectivity index (χ1v) is 8.78. The fraction of sp³-hybridized carbons (Fsp3) is 0.333. The van der Waals surface area contributed by atoms with E-state index in [1.54, 1.807) is 16.2 Å². The Bertz CT molecular complexity index is 688. The summed E-state index contributed by atoms with van der Waals surface area (Å²) in [7, 11) is 0. The Morgan fingerprint density at radius 2 is 2.12 bits per heavy atom. The largest absolute Gasteiger partial charge is 0.369 e. The van der Waals surface area contributed by atoms with Crippen LogP contribution in [-0.2, 0) is 20.9 Å². The van der Waals surface area contributed by atoms with Crippen LogP contribution in [0.15, 0.2) is 47.8 Å². The standard InChI is InChI=1S/C18H20N2O3S/c1-13(16-8-5-9-24-16)19-18(22)15-11-23-12-17(21)20(15)10-14-6-3-2-4-7-14/h2-9,13,15H,10-12H2,1H3,(H,19,22)/t13-,15+/m1/s1. The highest BCUT2D eigenvalue weighted by Gasteiger charge is 2.34. The molecule has 0 unspecified atom stereocenters. The van der Waals surface area contributed by atoms with E-state index in [1.807, 2.05) is 54.8 Å². The molecular formula is C18H20N2O3S. The maximum Gasteiger partial charge on any atom is 0.249 e. The molecule has 1 saturated heterocycles. The number of hydrogen-bond acceptors (Lipinski definition) is 4. The van der Waals surface area contributed by atoms with Gasteiger partial charge in [-0.05, 0) is 23.9 Å². The van der Waals surface area contributed by atoms with E-state index in [2.05, 4.69) is 5.32 Å². The molecule has 5 nitrogen and oxygen atoms in total. The lowest BCUT2D eigenvalue weighted by atomic mass is 10.1. The summed E-state index contributed by atoms with van der Waals surface area (Å²) < 4.78 is 5.31. The molecule has 0 aliphatic carbocycles. The van der Waals surface area contributed by atoms with Gasteiger partial charge in [0.1, 0.15) is 12.6 Å². The Balaban J connectivity index is 1.71. The predicted octanol–water partition coefficient (Wildman–Crippen LogP) is 2.35. The number of thiophene rings is 1. The number of amides is 2. The van der Waals surface area contributed by atoms with Gasteiger partial charge in [0, 0.05) is 11.4 Å². The number of carbonyl (C=O) groups is 2. The van der Waals surface area contributed by atoms with Crippen LogP contribution in [0, 0.1) is 0 Å². The molecule has 0 radical (unpaired) electrons. The summed E-state index contributed by atoms with van der Waals surface area (Å²) in [6.07, 6.45) is 0. The number of benzene rings is 1. The second-order valence-corrected chi connectivity index (χ2v) is 6.76. The zero-order chi connectivity index (χ0) is 16.9. The van der Waals surface area contributed by atoms with Crippen LogP contribution in [0.2, 0.25) is 0 Å². The number of nitrogens with one attached hydrogen (secondary N) is 1. The number of morpholine rings is 1. The second kappa shape index (κ2) is 7.59. The van der Waals surface area contributed by atoms with Crippen molar-refractivity contribution in [1.82, 2.24) is 10.2 Å². The van der Waals surface area contributed by atoms with Crippen LogP contribution < -0.4 is 5.32 Å². The van der Waals surface area contributed by atoms with Crippen molar-refractivity contribution in [1.29, 1.82) is 0 Å². The van der Waals surface area contributed by atoms with Crippen LogP contribution in [0.4, 0.5) is 0 Å². The number of ether oxygens (including phenoxy) is 1. The molecule has 126 valence electrons. The van der Waals surface area contributed by atoms with Gasteiger partial charge in [-0.15, -0.1) is 11.3 Å². The molecule has 24 heavy (non-hydrogen) atoms. The molecule has 1 aliphatic heterocycles. The fourth-order valence-electron chi connectivity index (χ4n) is 2.72. The van der Waals surface area contributed by atoms with Gasteiger partial charge in [0.15, 0.2) is 0 Å². The maximum atomic E-state index is 12.7. The van der Waals surface area contributed by atoms with E-state index in [4.69, 9.17) is 4.74 Å². The van der Waals surface area contributed by atoms with Gasteiger partial charge in [0.05, 0.1) is 12.6 Å². The minimum atomic E-state index is -0.603. The van der Waals surface area contributed by atoms with Crippen LogP contribution in [0.5, 0.6) is 0 Å². The summed E-state index contributed by atoms with van der Waals surface area (Å²) in [5.74, 6) is -0.339. The predicted molar refractivity (Wildman–Crippen MR) is 92.5 cm³/mol. The Morgan fingerprint density at radius 1 is 1.33 bits per heavy atom. The topological polar surface area (TPSA) is 58.6 Å². The number of nitrogens with zero attached hydrogens (tertiary/aromatic N) is 1. The lowest BCUT2D eigenvalue weighted by molar-refractivity contribution is -0.155. The fourth-order valence-corrected chi connectivity index (χ4v) is 3.45. The van der Waals surface area contributed by atoms with Crippen LogP contribution in [0.1, 0.15) is 23.4 Å². The summed E-state index contributed by atoms with van der Waals surface area (Å²) in [6, 6.07) is 12.9. The summed E-state index contributed by atoms with van der Waals surface area (Å²) in [5.41, 5.74) is 0.997. The molecule has 6 heteroatoms. The van der Waals surface area contributed by atoms with Crippen molar-refractivity contribution in [3.8, 4) is 0 Å². The summed E-state index contributed by atoms with van der Waals surface area (Å²) in [6.45, 7) is 2.60. The smallest absolute Gasteiger partial charge is 0.249 e. The normalized spacial score (nSPS) is 19.1. The number of hydrogen-bond donors (Lipinski definition) is 1. The summed E-state index contributed by atoms with van der Waals surface area (Å²) in [5, 5.41) is 4.97. The molecule has 1 fully saturated rings. The first-order chi connectivity index (χ1) is 11.6. The Labute approximate surface area is 145 Å². The molecule has 2 aromatic rings. The van der Waals surface area contributed by atoms with Crippen LogP contribution in [0.25, 0.3) is 0 Å². The van der Waals surface area contributed by atoms with Gasteiger partial charge in [-0.3, -0.25) is 9.59 Å². The van der Waals surface area contributed by atoms with Crippen LogP contribution >= 0.6 is 11.3 Å². The molecule has 3 rings (SSSR count). The van der Waals surface area contributed by atoms with Crippen molar-refractivity contribution in [3.05, 3.63) is 58.3 Å². The van der Waals surface area contributed by atoms with E-state index in [0.29, 0.717) is 6.54 Å². The molecule has 0 saturated carbocycles. The molecule has 2 atom stereocenters. The highest BCUT2D eigenvalue weighted by Crippen LogP contribution is 2.20. The van der Waals surface area contributed by atoms with Gasteiger partial charge in [0.25, 0.3) is 0 Å². The van der Waals surface area contributed by atoms with E-state index < -0.39 is 6.04 Å². The average molecular weight is 344 g/mol. The van der Waals surface area contributed by atoms with Crippen molar-refractivity contribution < 1.29 is 14.3 Å². The number of carbonyl (C=O) groups excluding carboxylic acids is 2. The third-order valence-electron chi connectivity index (χ3n) is 4.02. The SMILES string of the molecule is C[C@@H](NC(=O)[C@@H]1COCC(=O)N1Cc1ccccc1)c1cccs1. The third-order valence-corrected chi connectivity index (χ3v) is 5.08. The van der Waals surface area contributed by atoms with E-state index in [9.17, 15) is 9.59 Å². The molecule has 0 bridgehead atoms. The monoisotopic (exact) mass is 344 g/mol. The van der Waals surface area contributed by atoms with Gasteiger partial charge in [-0.25, -0.2) is 0 Å². The molecule has 1 N–H and O–H groups in total.